The largest absolute Gasteiger partial charge is 0.309 e. The van der Waals surface area contributed by atoms with Crippen molar-refractivity contribution in [3.8, 4) is 22.5 Å². The highest BCUT2D eigenvalue weighted by Gasteiger charge is 2.17. The van der Waals surface area contributed by atoms with Gasteiger partial charge in [-0.3, -0.25) is 0 Å². The Morgan fingerprint density at radius 3 is 1.16 bits per heavy atom. The maximum atomic E-state index is 2.44. The van der Waals surface area contributed by atoms with Gasteiger partial charge in [0.25, 0.3) is 0 Å². The highest BCUT2D eigenvalue weighted by molar-refractivity contribution is 6.19. The van der Waals surface area contributed by atoms with Crippen molar-refractivity contribution in [2.45, 2.75) is 0 Å². The van der Waals surface area contributed by atoms with E-state index in [0.717, 1.165) is 22.4 Å². The van der Waals surface area contributed by atoms with Crippen LogP contribution >= 0.6 is 0 Å². The topological polar surface area (TPSA) is 9.86 Å². The molecule has 0 atom stereocenters. The second-order valence-electron chi connectivity index (χ2n) is 12.9. The molecular formula is C48H32N2. The lowest BCUT2D eigenvalue weighted by Crippen LogP contribution is -1.98. The monoisotopic (exact) mass is 636 g/mol. The first kappa shape index (κ1) is 28.4. The van der Waals surface area contributed by atoms with Crippen LogP contribution in [0.4, 0.5) is 0 Å². The van der Waals surface area contributed by atoms with Crippen molar-refractivity contribution in [2.75, 3.05) is 0 Å². The molecule has 0 saturated heterocycles. The average molecular weight is 637 g/mol. The normalized spacial score (nSPS) is 11.6. The summed E-state index contributed by atoms with van der Waals surface area (Å²) in [7, 11) is 0. The van der Waals surface area contributed by atoms with E-state index < -0.39 is 0 Å². The van der Waals surface area contributed by atoms with Gasteiger partial charge in [-0.15, -0.1) is 0 Å². The van der Waals surface area contributed by atoms with Crippen LogP contribution in [-0.2, 0) is 0 Å². The minimum absolute atomic E-state index is 1.11. The van der Waals surface area contributed by atoms with Gasteiger partial charge in [0.15, 0.2) is 0 Å². The molecule has 0 fully saturated rings. The molecule has 2 aromatic heterocycles. The van der Waals surface area contributed by atoms with Crippen LogP contribution in [0, 0.1) is 0 Å². The van der Waals surface area contributed by atoms with Crippen LogP contribution in [0.5, 0.6) is 0 Å². The number of hydrogen-bond donors (Lipinski definition) is 0. The van der Waals surface area contributed by atoms with Crippen LogP contribution in [0.1, 0.15) is 0 Å². The highest BCUT2D eigenvalue weighted by atomic mass is 15.0. The first-order valence-electron chi connectivity index (χ1n) is 17.2. The maximum Gasteiger partial charge on any atom is 0.0619 e. The van der Waals surface area contributed by atoms with Gasteiger partial charge in [-0.05, 0) is 69.6 Å². The Morgan fingerprint density at radius 1 is 0.240 bits per heavy atom. The SMILES string of the molecule is c1ccc(-n2c3ccccc3c3cccc(-c4ccc(-n5c6ccccc6c6ccccc6c6ccccc6c6ccccc65)cc4)c32)cc1. The Hall–Kier alpha value is -6.64. The van der Waals surface area contributed by atoms with Crippen LogP contribution in [0.25, 0.3) is 87.7 Å². The quantitative estimate of drug-likeness (QED) is 0.183. The predicted octanol–water partition coefficient (Wildman–Crippen LogP) is 13.0. The molecule has 234 valence electrons. The summed E-state index contributed by atoms with van der Waals surface area (Å²) in [4.78, 5) is 0. The predicted molar refractivity (Wildman–Crippen MR) is 213 cm³/mol. The number of fused-ring (bicyclic) bond motifs is 10. The summed E-state index contributed by atoms with van der Waals surface area (Å²) >= 11 is 0. The van der Waals surface area contributed by atoms with Crippen LogP contribution < -0.4 is 0 Å². The van der Waals surface area contributed by atoms with E-state index in [1.807, 2.05) is 0 Å². The summed E-state index contributed by atoms with van der Waals surface area (Å²) < 4.78 is 4.85. The van der Waals surface area contributed by atoms with Crippen molar-refractivity contribution in [2.24, 2.45) is 0 Å². The van der Waals surface area contributed by atoms with E-state index in [1.165, 1.54) is 65.3 Å². The smallest absolute Gasteiger partial charge is 0.0619 e. The van der Waals surface area contributed by atoms with E-state index in [9.17, 15) is 0 Å². The summed E-state index contributed by atoms with van der Waals surface area (Å²) in [5, 5.41) is 9.86. The molecule has 0 N–H and O–H groups in total. The molecular weight excluding hydrogens is 605 g/mol. The molecule has 0 aliphatic carbocycles. The molecule has 0 saturated carbocycles. The molecule has 10 rings (SSSR count). The number of aromatic nitrogens is 2. The first-order chi connectivity index (χ1) is 24.8. The minimum atomic E-state index is 1.11. The molecule has 0 bridgehead atoms. The molecule has 0 spiro atoms. The summed E-state index contributed by atoms with van der Waals surface area (Å²) in [6.45, 7) is 0. The van der Waals surface area contributed by atoms with Crippen molar-refractivity contribution in [1.82, 2.24) is 9.13 Å². The third kappa shape index (κ3) is 4.36. The number of benzene rings is 8. The Balaban J connectivity index is 1.29. The van der Waals surface area contributed by atoms with Gasteiger partial charge in [0.1, 0.15) is 0 Å². The van der Waals surface area contributed by atoms with Gasteiger partial charge >= 0.3 is 0 Å². The molecule has 2 heterocycles. The Bertz CT molecular complexity index is 2860. The Kier molecular flexibility index (Phi) is 6.53. The molecule has 10 aromatic rings. The van der Waals surface area contributed by atoms with E-state index in [1.54, 1.807) is 0 Å². The fraction of sp³-hybridized carbons (Fsp3) is 0. The van der Waals surface area contributed by atoms with Gasteiger partial charge in [-0.2, -0.15) is 0 Å². The van der Waals surface area contributed by atoms with Crippen molar-refractivity contribution in [3.05, 3.63) is 194 Å². The second-order valence-corrected chi connectivity index (χ2v) is 12.9. The van der Waals surface area contributed by atoms with E-state index in [4.69, 9.17) is 0 Å². The number of hydrogen-bond acceptors (Lipinski definition) is 0. The van der Waals surface area contributed by atoms with Crippen LogP contribution in [0.3, 0.4) is 0 Å². The zero-order valence-corrected chi connectivity index (χ0v) is 27.4. The average Bonchev–Trinajstić information content (AvgIpc) is 3.55. The molecule has 0 unspecified atom stereocenters. The van der Waals surface area contributed by atoms with E-state index in [-0.39, 0.29) is 0 Å². The van der Waals surface area contributed by atoms with Gasteiger partial charge in [0.2, 0.25) is 0 Å². The van der Waals surface area contributed by atoms with Crippen LogP contribution in [0.15, 0.2) is 194 Å². The fourth-order valence-corrected chi connectivity index (χ4v) is 7.99. The highest BCUT2D eigenvalue weighted by Crippen LogP contribution is 2.39. The van der Waals surface area contributed by atoms with Crippen LogP contribution in [0.2, 0.25) is 0 Å². The molecule has 0 radical (unpaired) electrons. The molecule has 2 nitrogen and oxygen atoms in total. The lowest BCUT2D eigenvalue weighted by Gasteiger charge is -2.15. The minimum Gasteiger partial charge on any atom is -0.309 e. The van der Waals surface area contributed by atoms with Crippen molar-refractivity contribution in [3.63, 3.8) is 0 Å². The van der Waals surface area contributed by atoms with Gasteiger partial charge in [-0.25, -0.2) is 0 Å². The summed E-state index contributed by atoms with van der Waals surface area (Å²) in [5.41, 5.74) is 9.40. The van der Waals surface area contributed by atoms with Gasteiger partial charge in [0.05, 0.1) is 22.1 Å². The summed E-state index contributed by atoms with van der Waals surface area (Å²) in [5.74, 6) is 0. The number of nitrogens with zero attached hydrogens (tertiary/aromatic N) is 2. The fourth-order valence-electron chi connectivity index (χ4n) is 7.99. The zero-order chi connectivity index (χ0) is 33.0. The summed E-state index contributed by atoms with van der Waals surface area (Å²) in [6.07, 6.45) is 0. The van der Waals surface area contributed by atoms with E-state index in [2.05, 4.69) is 203 Å². The third-order valence-electron chi connectivity index (χ3n) is 10.2. The Labute approximate surface area is 290 Å². The lowest BCUT2D eigenvalue weighted by atomic mass is 10.0. The molecule has 8 aromatic carbocycles. The molecule has 2 heteroatoms. The summed E-state index contributed by atoms with van der Waals surface area (Å²) in [6, 6.07) is 70.6. The maximum absolute atomic E-state index is 2.44. The van der Waals surface area contributed by atoms with Gasteiger partial charge in [0, 0.05) is 38.5 Å². The Morgan fingerprint density at radius 2 is 0.620 bits per heavy atom. The van der Waals surface area contributed by atoms with Crippen molar-refractivity contribution >= 4 is 65.2 Å². The third-order valence-corrected chi connectivity index (χ3v) is 10.2. The van der Waals surface area contributed by atoms with Crippen LogP contribution in [-0.4, -0.2) is 9.13 Å². The van der Waals surface area contributed by atoms with Crippen molar-refractivity contribution < 1.29 is 0 Å². The van der Waals surface area contributed by atoms with E-state index in [0.29, 0.717) is 0 Å². The lowest BCUT2D eigenvalue weighted by molar-refractivity contribution is 1.17. The van der Waals surface area contributed by atoms with E-state index >= 15 is 0 Å². The number of rotatable bonds is 3. The van der Waals surface area contributed by atoms with Gasteiger partial charge in [-0.1, -0.05) is 152 Å². The molecule has 0 amide bonds. The molecule has 50 heavy (non-hydrogen) atoms. The number of para-hydroxylation sites is 5. The zero-order valence-electron chi connectivity index (χ0n) is 27.4. The molecule has 0 aliphatic heterocycles. The van der Waals surface area contributed by atoms with Crippen molar-refractivity contribution in [1.29, 1.82) is 0 Å². The molecule has 0 aliphatic rings. The van der Waals surface area contributed by atoms with Gasteiger partial charge < -0.3 is 9.13 Å². The standard InChI is InChI=1S/C48H32N2/c1-2-15-34(16-3-1)50-47-28-13-10-23-43(47)44-25-14-24-36(48(44)50)33-29-31-35(32-30-33)49-45-26-11-8-21-41(45)39-19-6-4-17-37(39)38-18-5-7-20-40(38)42-22-9-12-27-46(42)49/h1-32H. The first-order valence-corrected chi connectivity index (χ1v) is 17.2. The second kappa shape index (κ2) is 11.5.